The monoisotopic (exact) mass is 437 g/mol. The Morgan fingerprint density at radius 2 is 2.06 bits per heavy atom. The molecule has 3 N–H and O–H groups in total. The smallest absolute Gasteiger partial charge is 0.263 e. The maximum absolute atomic E-state index is 13.3. The largest absolute Gasteiger partial charge is 0.383 e. The third-order valence-corrected chi connectivity index (χ3v) is 5.57. The van der Waals surface area contributed by atoms with Crippen LogP contribution < -0.4 is 16.6 Å². The SMILES string of the molecule is C[C@H](Nc1ncnc(N)c1-c1ncn(C)n1)c1nc2cccc(Cl)c2c(=O)n1C1CC1. The molecule has 0 aliphatic heterocycles. The number of aromatic nitrogens is 7. The van der Waals surface area contributed by atoms with E-state index in [0.29, 0.717) is 39.0 Å². The molecule has 1 saturated carbocycles. The Labute approximate surface area is 182 Å². The van der Waals surface area contributed by atoms with Crippen molar-refractivity contribution in [2.75, 3.05) is 11.1 Å². The Morgan fingerprint density at radius 3 is 2.77 bits per heavy atom. The van der Waals surface area contributed by atoms with Gasteiger partial charge in [-0.15, -0.1) is 0 Å². The predicted octanol–water partition coefficient (Wildman–Crippen LogP) is 2.73. The second-order valence-corrected chi connectivity index (χ2v) is 8.01. The van der Waals surface area contributed by atoms with Crippen molar-refractivity contribution in [1.29, 1.82) is 0 Å². The molecular formula is C20H20ClN9O. The van der Waals surface area contributed by atoms with Crippen LogP contribution in [0, 0.1) is 0 Å². The highest BCUT2D eigenvalue weighted by Crippen LogP contribution is 2.37. The van der Waals surface area contributed by atoms with E-state index in [9.17, 15) is 4.79 Å². The summed E-state index contributed by atoms with van der Waals surface area (Å²) in [5.41, 5.74) is 7.05. The van der Waals surface area contributed by atoms with Crippen molar-refractivity contribution < 1.29 is 0 Å². The lowest BCUT2D eigenvalue weighted by Crippen LogP contribution is -2.28. The minimum Gasteiger partial charge on any atom is -0.383 e. The Kier molecular flexibility index (Phi) is 4.58. The first-order valence-electron chi connectivity index (χ1n) is 9.87. The van der Waals surface area contributed by atoms with Gasteiger partial charge < -0.3 is 11.1 Å². The molecule has 10 nitrogen and oxygen atoms in total. The summed E-state index contributed by atoms with van der Waals surface area (Å²) in [4.78, 5) is 30.8. The molecule has 3 aromatic heterocycles. The van der Waals surface area contributed by atoms with Crippen LogP contribution in [0.25, 0.3) is 22.3 Å². The second-order valence-electron chi connectivity index (χ2n) is 7.60. The number of fused-ring (bicyclic) bond motifs is 1. The molecule has 0 unspecified atom stereocenters. The zero-order valence-electron chi connectivity index (χ0n) is 16.9. The van der Waals surface area contributed by atoms with Gasteiger partial charge in [0, 0.05) is 13.1 Å². The standard InChI is InChI=1S/C20H20ClN9O/c1-10(26-17-15(16(22)23-8-24-17)18-25-9-29(2)28-18)19-27-13-5-3-4-12(21)14(13)20(31)30(19)11-6-7-11/h3-5,8-11H,6-7H2,1-2H3,(H3,22,23,24,26)/t10-/m0/s1. The van der Waals surface area contributed by atoms with Gasteiger partial charge in [0.15, 0.2) is 5.82 Å². The van der Waals surface area contributed by atoms with Gasteiger partial charge in [0.25, 0.3) is 5.56 Å². The van der Waals surface area contributed by atoms with Crippen LogP contribution >= 0.6 is 11.6 Å². The van der Waals surface area contributed by atoms with Crippen LogP contribution in [0.3, 0.4) is 0 Å². The lowest BCUT2D eigenvalue weighted by Gasteiger charge is -2.21. The Balaban J connectivity index is 1.61. The molecule has 1 fully saturated rings. The van der Waals surface area contributed by atoms with Crippen molar-refractivity contribution >= 4 is 34.1 Å². The normalized spacial score (nSPS) is 14.7. The number of aryl methyl sites for hydroxylation is 1. The van der Waals surface area contributed by atoms with E-state index in [1.54, 1.807) is 40.8 Å². The van der Waals surface area contributed by atoms with Gasteiger partial charge in [0.1, 0.15) is 35.7 Å². The second kappa shape index (κ2) is 7.31. The van der Waals surface area contributed by atoms with E-state index in [2.05, 4.69) is 25.4 Å². The number of nitrogen functional groups attached to an aromatic ring is 1. The summed E-state index contributed by atoms with van der Waals surface area (Å²) >= 11 is 6.31. The number of anilines is 2. The highest BCUT2D eigenvalue weighted by atomic mass is 35.5. The molecule has 0 amide bonds. The fraction of sp³-hybridized carbons (Fsp3) is 0.300. The maximum atomic E-state index is 13.3. The van der Waals surface area contributed by atoms with E-state index in [1.807, 2.05) is 6.92 Å². The summed E-state index contributed by atoms with van der Waals surface area (Å²) in [6.07, 6.45) is 4.81. The van der Waals surface area contributed by atoms with Gasteiger partial charge in [-0.3, -0.25) is 14.0 Å². The molecule has 4 aromatic rings. The third kappa shape index (κ3) is 3.38. The molecule has 0 saturated heterocycles. The minimum absolute atomic E-state index is 0.118. The topological polar surface area (TPSA) is 129 Å². The van der Waals surface area contributed by atoms with E-state index >= 15 is 0 Å². The fourth-order valence-electron chi connectivity index (χ4n) is 3.66. The molecule has 3 heterocycles. The molecule has 1 atom stereocenters. The van der Waals surface area contributed by atoms with Gasteiger partial charge in [0.05, 0.1) is 22.0 Å². The molecule has 1 aromatic carbocycles. The van der Waals surface area contributed by atoms with Crippen LogP contribution in [-0.2, 0) is 7.05 Å². The average Bonchev–Trinajstić information content (AvgIpc) is 3.48. The highest BCUT2D eigenvalue weighted by molar-refractivity contribution is 6.35. The van der Waals surface area contributed by atoms with Crippen LogP contribution in [0.4, 0.5) is 11.6 Å². The van der Waals surface area contributed by atoms with Gasteiger partial charge in [-0.1, -0.05) is 17.7 Å². The third-order valence-electron chi connectivity index (χ3n) is 5.26. The van der Waals surface area contributed by atoms with E-state index in [1.165, 1.54) is 6.33 Å². The summed E-state index contributed by atoms with van der Waals surface area (Å²) in [6, 6.07) is 5.06. The van der Waals surface area contributed by atoms with Crippen molar-refractivity contribution in [3.63, 3.8) is 0 Å². The number of halogens is 1. The zero-order chi connectivity index (χ0) is 21.7. The van der Waals surface area contributed by atoms with Crippen molar-refractivity contribution in [2.45, 2.75) is 31.8 Å². The summed E-state index contributed by atoms with van der Waals surface area (Å²) in [6.45, 7) is 1.92. The van der Waals surface area contributed by atoms with Gasteiger partial charge in [-0.2, -0.15) is 5.10 Å². The number of nitrogens with two attached hydrogens (primary N) is 1. The van der Waals surface area contributed by atoms with Crippen molar-refractivity contribution in [3.05, 3.63) is 52.1 Å². The number of hydrogen-bond donors (Lipinski definition) is 2. The summed E-state index contributed by atoms with van der Waals surface area (Å²) in [5, 5.41) is 8.50. The van der Waals surface area contributed by atoms with Gasteiger partial charge >= 0.3 is 0 Å². The molecule has 0 spiro atoms. The van der Waals surface area contributed by atoms with Crippen LogP contribution in [0.2, 0.25) is 5.02 Å². The van der Waals surface area contributed by atoms with Crippen molar-refractivity contribution in [1.82, 2.24) is 34.3 Å². The molecule has 31 heavy (non-hydrogen) atoms. The summed E-state index contributed by atoms with van der Waals surface area (Å²) in [7, 11) is 1.77. The number of rotatable bonds is 5. The quantitative estimate of drug-likeness (QED) is 0.487. The van der Waals surface area contributed by atoms with Crippen molar-refractivity contribution in [2.24, 2.45) is 7.05 Å². The molecule has 0 bridgehead atoms. The van der Waals surface area contributed by atoms with E-state index < -0.39 is 0 Å². The number of hydrogen-bond acceptors (Lipinski definition) is 8. The molecule has 1 aliphatic carbocycles. The predicted molar refractivity (Wildman–Crippen MR) is 118 cm³/mol. The summed E-state index contributed by atoms with van der Waals surface area (Å²) < 4.78 is 3.32. The lowest BCUT2D eigenvalue weighted by molar-refractivity contribution is 0.609. The van der Waals surface area contributed by atoms with Gasteiger partial charge in [0.2, 0.25) is 0 Å². The number of nitrogens with one attached hydrogen (secondary N) is 1. The number of benzene rings is 1. The maximum Gasteiger partial charge on any atom is 0.263 e. The highest BCUT2D eigenvalue weighted by Gasteiger charge is 2.31. The van der Waals surface area contributed by atoms with E-state index in [4.69, 9.17) is 22.3 Å². The van der Waals surface area contributed by atoms with Crippen LogP contribution in [0.15, 0.2) is 35.6 Å². The summed E-state index contributed by atoms with van der Waals surface area (Å²) in [5.74, 6) is 1.75. The van der Waals surface area contributed by atoms with Crippen molar-refractivity contribution in [3.8, 4) is 11.4 Å². The first-order chi connectivity index (χ1) is 14.9. The Bertz CT molecular complexity index is 1360. The Hall–Kier alpha value is -3.53. The first-order valence-corrected chi connectivity index (χ1v) is 10.3. The lowest BCUT2D eigenvalue weighted by atomic mass is 10.2. The molecule has 11 heteroatoms. The van der Waals surface area contributed by atoms with Gasteiger partial charge in [-0.25, -0.2) is 19.9 Å². The van der Waals surface area contributed by atoms with Crippen LogP contribution in [0.1, 0.15) is 37.7 Å². The van der Waals surface area contributed by atoms with Crippen LogP contribution in [0.5, 0.6) is 0 Å². The molecule has 0 radical (unpaired) electrons. The average molecular weight is 438 g/mol. The molecule has 5 rings (SSSR count). The number of nitrogens with zero attached hydrogens (tertiary/aromatic N) is 7. The van der Waals surface area contributed by atoms with E-state index in [-0.39, 0.29) is 23.5 Å². The zero-order valence-corrected chi connectivity index (χ0v) is 17.7. The Morgan fingerprint density at radius 1 is 1.26 bits per heavy atom. The first kappa shape index (κ1) is 19.4. The van der Waals surface area contributed by atoms with Crippen LogP contribution in [-0.4, -0.2) is 34.3 Å². The molecule has 1 aliphatic rings. The minimum atomic E-state index is -0.353. The van der Waals surface area contributed by atoms with E-state index in [0.717, 1.165) is 12.8 Å². The fourth-order valence-corrected chi connectivity index (χ4v) is 3.91. The molecule has 158 valence electrons. The van der Waals surface area contributed by atoms with Gasteiger partial charge in [-0.05, 0) is 31.9 Å². The molecular weight excluding hydrogens is 418 g/mol.